The molecule has 1 amide bonds. The minimum atomic E-state index is -0.380. The van der Waals surface area contributed by atoms with Gasteiger partial charge in [0, 0.05) is 44.3 Å². The first-order chi connectivity index (χ1) is 10.8. The molecule has 0 aliphatic carbocycles. The van der Waals surface area contributed by atoms with Crippen molar-refractivity contribution in [3.05, 3.63) is 29.8 Å². The van der Waals surface area contributed by atoms with Gasteiger partial charge in [-0.05, 0) is 12.1 Å². The van der Waals surface area contributed by atoms with Gasteiger partial charge in [0.2, 0.25) is 0 Å². The lowest BCUT2D eigenvalue weighted by Crippen LogP contribution is -2.39. The van der Waals surface area contributed by atoms with Gasteiger partial charge in [0.1, 0.15) is 0 Å². The summed E-state index contributed by atoms with van der Waals surface area (Å²) in [5.74, 6) is 0.000640. The van der Waals surface area contributed by atoms with Crippen LogP contribution in [0.5, 0.6) is 0 Å². The predicted molar refractivity (Wildman–Crippen MR) is 98.7 cm³/mol. The van der Waals surface area contributed by atoms with Crippen molar-refractivity contribution in [2.24, 2.45) is 5.92 Å². The van der Waals surface area contributed by atoms with Gasteiger partial charge in [-0.1, -0.05) is 12.1 Å². The van der Waals surface area contributed by atoms with Gasteiger partial charge in [-0.2, -0.15) is 0 Å². The molecule has 0 saturated carbocycles. The Labute approximate surface area is 154 Å². The van der Waals surface area contributed by atoms with Gasteiger partial charge in [-0.15, -0.1) is 24.8 Å². The fourth-order valence-electron chi connectivity index (χ4n) is 2.99. The lowest BCUT2D eigenvalue weighted by atomic mass is 10.1. The summed E-state index contributed by atoms with van der Waals surface area (Å²) in [5.41, 5.74) is 1.64. The van der Waals surface area contributed by atoms with E-state index in [1.807, 2.05) is 24.3 Å². The zero-order valence-corrected chi connectivity index (χ0v) is 15.1. The molecule has 3 rings (SSSR count). The van der Waals surface area contributed by atoms with Crippen LogP contribution in [0.4, 0.5) is 5.69 Å². The minimum absolute atomic E-state index is 0. The quantitative estimate of drug-likeness (QED) is 0.719. The molecule has 2 unspecified atom stereocenters. The third-order valence-corrected chi connectivity index (χ3v) is 4.33. The lowest BCUT2D eigenvalue weighted by molar-refractivity contribution is 0.0925. The molecule has 2 saturated heterocycles. The standard InChI is InChI=1S/C16H23N3O3.2ClH/c20-15-11-17-9-12(15)10-18-16(21)13-3-1-2-4-14(13)19-5-7-22-8-6-19;;/h1-4,12,15,17,20H,5-11H2,(H,18,21);2*1H. The first kappa shape index (κ1) is 21.0. The number of para-hydroxylation sites is 1. The van der Waals surface area contributed by atoms with Gasteiger partial charge in [0.25, 0.3) is 5.91 Å². The van der Waals surface area contributed by atoms with Crippen LogP contribution in [0.2, 0.25) is 0 Å². The van der Waals surface area contributed by atoms with Crippen LogP contribution >= 0.6 is 24.8 Å². The maximum absolute atomic E-state index is 12.5. The molecule has 0 aromatic heterocycles. The Morgan fingerprint density at radius 1 is 1.25 bits per heavy atom. The number of aliphatic hydroxyl groups is 1. The molecule has 6 nitrogen and oxygen atoms in total. The summed E-state index contributed by atoms with van der Waals surface area (Å²) >= 11 is 0. The van der Waals surface area contributed by atoms with E-state index in [1.54, 1.807) is 0 Å². The Morgan fingerprint density at radius 3 is 2.62 bits per heavy atom. The highest BCUT2D eigenvalue weighted by Gasteiger charge is 2.26. The van der Waals surface area contributed by atoms with Crippen molar-refractivity contribution in [2.45, 2.75) is 6.10 Å². The zero-order valence-electron chi connectivity index (χ0n) is 13.4. The number of anilines is 1. The number of benzene rings is 1. The molecule has 2 heterocycles. The number of morpholine rings is 1. The Bertz CT molecular complexity index is 527. The fraction of sp³-hybridized carbons (Fsp3) is 0.562. The molecular formula is C16H25Cl2N3O3. The van der Waals surface area contributed by atoms with E-state index in [0.717, 1.165) is 25.3 Å². The number of nitrogens with one attached hydrogen (secondary N) is 2. The monoisotopic (exact) mass is 377 g/mol. The summed E-state index contributed by atoms with van der Waals surface area (Å²) in [6, 6.07) is 7.66. The van der Waals surface area contributed by atoms with Gasteiger partial charge in [-0.25, -0.2) is 0 Å². The predicted octanol–water partition coefficient (Wildman–Crippen LogP) is 0.677. The van der Waals surface area contributed by atoms with E-state index < -0.39 is 0 Å². The Morgan fingerprint density at radius 2 is 1.96 bits per heavy atom. The first-order valence-electron chi connectivity index (χ1n) is 7.84. The van der Waals surface area contributed by atoms with Crippen LogP contribution in [-0.2, 0) is 4.74 Å². The van der Waals surface area contributed by atoms with Crippen LogP contribution in [0.1, 0.15) is 10.4 Å². The van der Waals surface area contributed by atoms with Gasteiger partial charge in [0.15, 0.2) is 0 Å². The highest BCUT2D eigenvalue weighted by atomic mass is 35.5. The maximum atomic E-state index is 12.5. The van der Waals surface area contributed by atoms with Gasteiger partial charge in [0.05, 0.1) is 24.9 Å². The van der Waals surface area contributed by atoms with Crippen LogP contribution in [0, 0.1) is 5.92 Å². The SMILES string of the molecule is Cl.Cl.O=C(NCC1CNCC1O)c1ccccc1N1CCOCC1. The summed E-state index contributed by atoms with van der Waals surface area (Å²) < 4.78 is 5.37. The van der Waals surface area contributed by atoms with Crippen LogP contribution in [0.15, 0.2) is 24.3 Å². The van der Waals surface area contributed by atoms with E-state index in [4.69, 9.17) is 4.74 Å². The van der Waals surface area contributed by atoms with E-state index in [9.17, 15) is 9.90 Å². The molecule has 8 heteroatoms. The average molecular weight is 378 g/mol. The number of hydrogen-bond acceptors (Lipinski definition) is 5. The van der Waals surface area contributed by atoms with Gasteiger partial charge >= 0.3 is 0 Å². The third-order valence-electron chi connectivity index (χ3n) is 4.33. The van der Waals surface area contributed by atoms with Gasteiger partial charge < -0.3 is 25.4 Å². The summed E-state index contributed by atoms with van der Waals surface area (Å²) in [6.07, 6.45) is -0.380. The van der Waals surface area contributed by atoms with Crippen molar-refractivity contribution in [1.82, 2.24) is 10.6 Å². The molecule has 1 aromatic rings. The molecule has 136 valence electrons. The second-order valence-corrected chi connectivity index (χ2v) is 5.81. The molecule has 1 aromatic carbocycles. The van der Waals surface area contributed by atoms with E-state index >= 15 is 0 Å². The number of nitrogens with zero attached hydrogens (tertiary/aromatic N) is 1. The number of carbonyl (C=O) groups is 1. The van der Waals surface area contributed by atoms with Crippen LogP contribution in [-0.4, -0.2) is 63.1 Å². The van der Waals surface area contributed by atoms with E-state index in [1.165, 1.54) is 0 Å². The lowest BCUT2D eigenvalue weighted by Gasteiger charge is -2.30. The van der Waals surface area contributed by atoms with E-state index in [-0.39, 0.29) is 42.7 Å². The molecule has 0 radical (unpaired) electrons. The summed E-state index contributed by atoms with van der Waals surface area (Å²) in [5, 5.41) is 15.9. The second-order valence-electron chi connectivity index (χ2n) is 5.81. The molecule has 0 spiro atoms. The number of amides is 1. The van der Waals surface area contributed by atoms with Crippen molar-refractivity contribution >= 4 is 36.4 Å². The Kier molecular flexibility index (Phi) is 8.80. The van der Waals surface area contributed by atoms with Crippen molar-refractivity contribution in [3.8, 4) is 0 Å². The first-order valence-corrected chi connectivity index (χ1v) is 7.84. The highest BCUT2D eigenvalue weighted by molar-refractivity contribution is 5.99. The molecule has 2 aliphatic rings. The maximum Gasteiger partial charge on any atom is 0.253 e. The average Bonchev–Trinajstić information content (AvgIpc) is 2.98. The number of hydrogen-bond donors (Lipinski definition) is 3. The van der Waals surface area contributed by atoms with Crippen molar-refractivity contribution in [2.75, 3.05) is 50.8 Å². The van der Waals surface area contributed by atoms with E-state index in [2.05, 4.69) is 15.5 Å². The number of β-amino-alcohol motifs (C(OH)–C–C–N with tert-alkyl or cyclic N) is 1. The summed E-state index contributed by atoms with van der Waals surface area (Å²) in [6.45, 7) is 4.82. The van der Waals surface area contributed by atoms with Crippen LogP contribution in [0.25, 0.3) is 0 Å². The molecule has 3 N–H and O–H groups in total. The Hall–Kier alpha value is -1.05. The minimum Gasteiger partial charge on any atom is -0.391 e. The van der Waals surface area contributed by atoms with E-state index in [0.29, 0.717) is 31.9 Å². The number of halogens is 2. The second kappa shape index (κ2) is 10.1. The Balaban J connectivity index is 0.00000144. The largest absolute Gasteiger partial charge is 0.391 e. The number of ether oxygens (including phenoxy) is 1. The zero-order chi connectivity index (χ0) is 15.4. The highest BCUT2D eigenvalue weighted by Crippen LogP contribution is 2.21. The summed E-state index contributed by atoms with van der Waals surface area (Å²) in [4.78, 5) is 14.7. The smallest absolute Gasteiger partial charge is 0.253 e. The molecule has 2 fully saturated rings. The molecule has 2 aliphatic heterocycles. The molecule has 0 bridgehead atoms. The van der Waals surface area contributed by atoms with Crippen LogP contribution < -0.4 is 15.5 Å². The summed E-state index contributed by atoms with van der Waals surface area (Å²) in [7, 11) is 0. The molecule has 2 atom stereocenters. The van der Waals surface area contributed by atoms with Crippen molar-refractivity contribution in [1.29, 1.82) is 0 Å². The molecule has 24 heavy (non-hydrogen) atoms. The van der Waals surface area contributed by atoms with Crippen molar-refractivity contribution < 1.29 is 14.6 Å². The van der Waals surface area contributed by atoms with Crippen molar-refractivity contribution in [3.63, 3.8) is 0 Å². The topological polar surface area (TPSA) is 73.8 Å². The number of rotatable bonds is 4. The normalized spacial score (nSPS) is 23.1. The van der Waals surface area contributed by atoms with Crippen LogP contribution in [0.3, 0.4) is 0 Å². The van der Waals surface area contributed by atoms with Gasteiger partial charge in [-0.3, -0.25) is 4.79 Å². The number of carbonyl (C=O) groups excluding carboxylic acids is 1. The molecular weight excluding hydrogens is 353 g/mol. The third kappa shape index (κ3) is 4.97. The fourth-order valence-corrected chi connectivity index (χ4v) is 2.99. The number of aliphatic hydroxyl groups excluding tert-OH is 1.